The molecule has 19 heavy (non-hydrogen) atoms. The first-order valence-electron chi connectivity index (χ1n) is 7.61. The fourth-order valence-corrected chi connectivity index (χ4v) is 3.19. The van der Waals surface area contributed by atoms with Crippen LogP contribution in [0.25, 0.3) is 0 Å². The molecule has 1 N–H and O–H groups in total. The Labute approximate surface area is 113 Å². The van der Waals surface area contributed by atoms with E-state index in [0.717, 1.165) is 69.4 Å². The summed E-state index contributed by atoms with van der Waals surface area (Å²) in [5, 5.41) is 0. The van der Waals surface area contributed by atoms with E-state index in [1.165, 1.54) is 0 Å². The number of nitrogens with one attached hydrogen (secondary N) is 1. The molecule has 1 aliphatic carbocycles. The number of halogens is 3. The number of ether oxygens (including phenoxy) is 1. The van der Waals surface area contributed by atoms with Crippen molar-refractivity contribution in [2.24, 2.45) is 0 Å². The first-order chi connectivity index (χ1) is 9.05. The van der Waals surface area contributed by atoms with Gasteiger partial charge in [0.15, 0.2) is 0 Å². The maximum Gasteiger partial charge on any atom is 0.420 e. The third-order valence-corrected chi connectivity index (χ3v) is 4.31. The number of likely N-dealkylation sites (tertiary alicyclic amines) is 1. The van der Waals surface area contributed by atoms with Gasteiger partial charge in [0, 0.05) is 0 Å². The topological polar surface area (TPSA) is 13.7 Å². The molecule has 1 saturated heterocycles. The van der Waals surface area contributed by atoms with Gasteiger partial charge in [0.05, 0.1) is 19.2 Å². The number of quaternary nitrogens is 1. The van der Waals surface area contributed by atoms with Crippen LogP contribution in [-0.2, 0) is 4.74 Å². The fourth-order valence-electron chi connectivity index (χ4n) is 3.19. The molecule has 0 amide bonds. The van der Waals surface area contributed by atoms with E-state index in [0.29, 0.717) is 0 Å². The second-order valence-electron chi connectivity index (χ2n) is 5.94. The van der Waals surface area contributed by atoms with Crippen LogP contribution in [0, 0.1) is 0 Å². The van der Waals surface area contributed by atoms with Crippen LogP contribution in [0.15, 0.2) is 0 Å². The quantitative estimate of drug-likeness (QED) is 0.834. The van der Waals surface area contributed by atoms with Crippen LogP contribution >= 0.6 is 0 Å². The third-order valence-electron chi connectivity index (χ3n) is 4.31. The maximum absolute atomic E-state index is 13.1. The summed E-state index contributed by atoms with van der Waals surface area (Å²) in [5.41, 5.74) is 0. The largest absolute Gasteiger partial charge is 0.420 e. The van der Waals surface area contributed by atoms with Gasteiger partial charge in [0.2, 0.25) is 6.10 Å². The lowest BCUT2D eigenvalue weighted by atomic mass is 9.97. The Hall–Kier alpha value is -0.290. The predicted molar refractivity (Wildman–Crippen MR) is 67.2 cm³/mol. The van der Waals surface area contributed by atoms with Gasteiger partial charge in [-0.3, -0.25) is 0 Å². The molecular weight excluding hydrogens is 255 g/mol. The molecule has 0 aromatic carbocycles. The summed E-state index contributed by atoms with van der Waals surface area (Å²) in [6, 6.07) is 0. The number of piperidine rings is 1. The lowest BCUT2D eigenvalue weighted by Gasteiger charge is -2.32. The monoisotopic (exact) mass is 280 g/mol. The number of hydrogen-bond donors (Lipinski definition) is 1. The molecule has 2 aliphatic rings. The Balaban J connectivity index is 1.87. The number of hydrogen-bond acceptors (Lipinski definition) is 1. The molecule has 1 aliphatic heterocycles. The molecule has 1 saturated carbocycles. The lowest BCUT2D eigenvalue weighted by Crippen LogP contribution is -3.14. The standard InChI is InChI=1S/C14H24F3NO/c15-14(16,17)13(11-18-9-5-2-6-10-18)19-12-7-3-1-4-8-12/h12-13H,1-11H2/p+1/t13-/m0/s1. The molecule has 1 heterocycles. The highest BCUT2D eigenvalue weighted by molar-refractivity contribution is 4.73. The van der Waals surface area contributed by atoms with Crippen molar-refractivity contribution < 1.29 is 22.8 Å². The van der Waals surface area contributed by atoms with Gasteiger partial charge in [0.25, 0.3) is 0 Å². The van der Waals surface area contributed by atoms with Crippen molar-refractivity contribution in [2.45, 2.75) is 69.8 Å². The summed E-state index contributed by atoms with van der Waals surface area (Å²) in [6.07, 6.45) is 2.02. The van der Waals surface area contributed by atoms with Gasteiger partial charge in [0.1, 0.15) is 6.54 Å². The lowest BCUT2D eigenvalue weighted by molar-refractivity contribution is -0.909. The van der Waals surface area contributed by atoms with E-state index in [1.807, 2.05) is 0 Å². The summed E-state index contributed by atoms with van der Waals surface area (Å²) in [6.45, 7) is 1.82. The van der Waals surface area contributed by atoms with Crippen LogP contribution in [0.2, 0.25) is 0 Å². The van der Waals surface area contributed by atoms with Gasteiger partial charge in [-0.2, -0.15) is 13.2 Å². The maximum atomic E-state index is 13.1. The highest BCUT2D eigenvalue weighted by Gasteiger charge is 2.44. The Morgan fingerprint density at radius 1 is 0.947 bits per heavy atom. The van der Waals surface area contributed by atoms with Crippen molar-refractivity contribution in [2.75, 3.05) is 19.6 Å². The summed E-state index contributed by atoms with van der Waals surface area (Å²) in [4.78, 5) is 1.06. The van der Waals surface area contributed by atoms with Gasteiger partial charge >= 0.3 is 6.18 Å². The van der Waals surface area contributed by atoms with Gasteiger partial charge in [-0.05, 0) is 32.1 Å². The number of rotatable bonds is 4. The molecule has 0 unspecified atom stereocenters. The zero-order chi connectivity index (χ0) is 13.7. The van der Waals surface area contributed by atoms with Crippen molar-refractivity contribution in [1.29, 1.82) is 0 Å². The summed E-state index contributed by atoms with van der Waals surface area (Å²) >= 11 is 0. The summed E-state index contributed by atoms with van der Waals surface area (Å²) in [7, 11) is 0. The van der Waals surface area contributed by atoms with Crippen LogP contribution in [-0.4, -0.2) is 38.0 Å². The van der Waals surface area contributed by atoms with E-state index in [4.69, 9.17) is 4.74 Å². The SMILES string of the molecule is FC(F)(F)[C@H](C[NH+]1CCCCC1)OC1CCCCC1. The second kappa shape index (κ2) is 6.93. The molecule has 0 aromatic rings. The molecule has 0 aromatic heterocycles. The molecule has 2 rings (SSSR count). The van der Waals surface area contributed by atoms with E-state index in [9.17, 15) is 13.2 Å². The van der Waals surface area contributed by atoms with Crippen LogP contribution in [0.1, 0.15) is 51.4 Å². The molecular formula is C14H25F3NO+. The van der Waals surface area contributed by atoms with Crippen LogP contribution in [0.4, 0.5) is 13.2 Å². The van der Waals surface area contributed by atoms with E-state index in [-0.39, 0.29) is 12.6 Å². The van der Waals surface area contributed by atoms with E-state index < -0.39 is 12.3 Å². The van der Waals surface area contributed by atoms with E-state index in [2.05, 4.69) is 0 Å². The van der Waals surface area contributed by atoms with Gasteiger partial charge in [-0.25, -0.2) is 0 Å². The van der Waals surface area contributed by atoms with Crippen molar-refractivity contribution in [3.63, 3.8) is 0 Å². The van der Waals surface area contributed by atoms with Crippen molar-refractivity contribution in [3.05, 3.63) is 0 Å². The minimum Gasteiger partial charge on any atom is -0.360 e. The number of alkyl halides is 3. The predicted octanol–water partition coefficient (Wildman–Crippen LogP) is 2.34. The van der Waals surface area contributed by atoms with Gasteiger partial charge < -0.3 is 9.64 Å². The second-order valence-corrected chi connectivity index (χ2v) is 5.94. The molecule has 112 valence electrons. The molecule has 2 fully saturated rings. The first kappa shape index (κ1) is 15.1. The van der Waals surface area contributed by atoms with Gasteiger partial charge in [-0.15, -0.1) is 0 Å². The fraction of sp³-hybridized carbons (Fsp3) is 1.00. The minimum atomic E-state index is -4.22. The van der Waals surface area contributed by atoms with E-state index in [1.54, 1.807) is 0 Å². The van der Waals surface area contributed by atoms with Crippen LogP contribution in [0.5, 0.6) is 0 Å². The van der Waals surface area contributed by atoms with E-state index >= 15 is 0 Å². The van der Waals surface area contributed by atoms with Gasteiger partial charge in [-0.1, -0.05) is 19.3 Å². The third kappa shape index (κ3) is 4.95. The molecule has 1 atom stereocenters. The van der Waals surface area contributed by atoms with Crippen LogP contribution < -0.4 is 4.90 Å². The molecule has 0 bridgehead atoms. The normalized spacial score (nSPS) is 25.4. The Bertz CT molecular complexity index is 238. The highest BCUT2D eigenvalue weighted by Crippen LogP contribution is 2.28. The average Bonchev–Trinajstić information content (AvgIpc) is 2.39. The molecule has 0 spiro atoms. The summed E-state index contributed by atoms with van der Waals surface area (Å²) in [5.74, 6) is 0. The Morgan fingerprint density at radius 3 is 2.11 bits per heavy atom. The Kier molecular flexibility index (Phi) is 5.51. The van der Waals surface area contributed by atoms with Crippen molar-refractivity contribution >= 4 is 0 Å². The zero-order valence-corrected chi connectivity index (χ0v) is 11.5. The first-order valence-corrected chi connectivity index (χ1v) is 7.61. The minimum absolute atomic E-state index is 0.0972. The highest BCUT2D eigenvalue weighted by atomic mass is 19.4. The summed E-state index contributed by atoms with van der Waals surface area (Å²) < 4.78 is 44.7. The zero-order valence-electron chi connectivity index (χ0n) is 11.5. The molecule has 0 radical (unpaired) electrons. The smallest absolute Gasteiger partial charge is 0.360 e. The average molecular weight is 280 g/mol. The molecule has 2 nitrogen and oxygen atoms in total. The van der Waals surface area contributed by atoms with Crippen molar-refractivity contribution in [1.82, 2.24) is 0 Å². The van der Waals surface area contributed by atoms with Crippen molar-refractivity contribution in [3.8, 4) is 0 Å². The Morgan fingerprint density at radius 2 is 1.53 bits per heavy atom. The molecule has 5 heteroatoms. The van der Waals surface area contributed by atoms with Crippen LogP contribution in [0.3, 0.4) is 0 Å².